The number of amides is 2. The second kappa shape index (κ2) is 5.88. The van der Waals surface area contributed by atoms with E-state index < -0.39 is 10.8 Å². The second-order valence-electron chi connectivity index (χ2n) is 5.14. The number of benzene rings is 2. The van der Waals surface area contributed by atoms with Crippen LogP contribution in [0.1, 0.15) is 26.3 Å². The topological polar surface area (TPSA) is 101 Å². The van der Waals surface area contributed by atoms with Gasteiger partial charge in [-0.1, -0.05) is 12.1 Å². The average Bonchev–Trinajstić information content (AvgIpc) is 2.55. The number of hydrogen-bond acceptors (Lipinski definition) is 4. The van der Waals surface area contributed by atoms with Crippen LogP contribution in [0.4, 0.5) is 11.4 Å². The molecule has 0 bridgehead atoms. The normalized spacial score (nSPS) is 13.0. The highest BCUT2D eigenvalue weighted by Gasteiger charge is 2.18. The van der Waals surface area contributed by atoms with Crippen LogP contribution >= 0.6 is 0 Å². The van der Waals surface area contributed by atoms with E-state index in [0.29, 0.717) is 17.8 Å². The van der Waals surface area contributed by atoms with E-state index in [1.54, 1.807) is 18.2 Å². The fraction of sp³-hybridized carbons (Fsp3) is 0.125. The minimum absolute atomic E-state index is 0.150. The van der Waals surface area contributed by atoms with Gasteiger partial charge in [-0.05, 0) is 30.2 Å². The van der Waals surface area contributed by atoms with Crippen LogP contribution in [0.3, 0.4) is 0 Å². The Morgan fingerprint density at radius 3 is 2.83 bits per heavy atom. The molecule has 1 aliphatic rings. The Kier molecular flexibility index (Phi) is 3.76. The molecule has 7 nitrogen and oxygen atoms in total. The monoisotopic (exact) mass is 311 g/mol. The fourth-order valence-corrected chi connectivity index (χ4v) is 2.45. The molecule has 23 heavy (non-hydrogen) atoms. The van der Waals surface area contributed by atoms with Crippen LogP contribution in [0.15, 0.2) is 42.5 Å². The Morgan fingerprint density at radius 1 is 1.22 bits per heavy atom. The Bertz CT molecular complexity index is 817. The molecule has 0 fully saturated rings. The molecule has 2 aromatic rings. The van der Waals surface area contributed by atoms with E-state index in [4.69, 9.17) is 0 Å². The molecular formula is C16H13N3O4. The van der Waals surface area contributed by atoms with Gasteiger partial charge in [0.05, 0.1) is 4.92 Å². The van der Waals surface area contributed by atoms with Gasteiger partial charge in [0.15, 0.2) is 0 Å². The van der Waals surface area contributed by atoms with Crippen molar-refractivity contribution >= 4 is 23.2 Å². The summed E-state index contributed by atoms with van der Waals surface area (Å²) in [4.78, 5) is 34.2. The van der Waals surface area contributed by atoms with Gasteiger partial charge in [0.2, 0.25) is 0 Å². The summed E-state index contributed by atoms with van der Waals surface area (Å²) in [5.74, 6) is -0.637. The largest absolute Gasteiger partial charge is 0.352 e. The first-order valence-electron chi connectivity index (χ1n) is 7.01. The van der Waals surface area contributed by atoms with Crippen molar-refractivity contribution in [2.24, 2.45) is 0 Å². The zero-order valence-corrected chi connectivity index (χ0v) is 12.0. The van der Waals surface area contributed by atoms with E-state index in [2.05, 4.69) is 10.6 Å². The molecule has 2 N–H and O–H groups in total. The number of carbonyl (C=O) groups excluding carboxylic acids is 2. The number of nitrogens with zero attached hydrogens (tertiary/aromatic N) is 1. The highest BCUT2D eigenvalue weighted by Crippen LogP contribution is 2.20. The number of nitro benzene ring substituents is 1. The maximum absolute atomic E-state index is 12.2. The van der Waals surface area contributed by atoms with Crippen LogP contribution in [0.2, 0.25) is 0 Å². The molecular weight excluding hydrogens is 298 g/mol. The third-order valence-electron chi connectivity index (χ3n) is 3.61. The van der Waals surface area contributed by atoms with E-state index in [1.807, 2.05) is 0 Å². The third-order valence-corrected chi connectivity index (χ3v) is 3.61. The standard InChI is InChI=1S/C16H13N3O4/c20-15(11-2-1-3-13(8-11)19(22)23)18-12-5-4-10-6-7-17-16(21)14(10)9-12/h1-5,8-9H,6-7H2,(H,17,21)(H,18,20). The summed E-state index contributed by atoms with van der Waals surface area (Å²) in [7, 11) is 0. The lowest BCUT2D eigenvalue weighted by molar-refractivity contribution is -0.384. The summed E-state index contributed by atoms with van der Waals surface area (Å²) in [5, 5.41) is 16.2. The number of nitro groups is 1. The molecule has 1 aliphatic heterocycles. The van der Waals surface area contributed by atoms with Crippen molar-refractivity contribution in [1.82, 2.24) is 5.32 Å². The van der Waals surface area contributed by atoms with Gasteiger partial charge in [0.25, 0.3) is 17.5 Å². The van der Waals surface area contributed by atoms with Gasteiger partial charge in [-0.3, -0.25) is 19.7 Å². The molecule has 0 atom stereocenters. The number of hydrogen-bond donors (Lipinski definition) is 2. The van der Waals surface area contributed by atoms with Gasteiger partial charge in [-0.25, -0.2) is 0 Å². The van der Waals surface area contributed by atoms with Crippen molar-refractivity contribution in [3.8, 4) is 0 Å². The van der Waals surface area contributed by atoms with Crippen LogP contribution in [-0.2, 0) is 6.42 Å². The van der Waals surface area contributed by atoms with Crippen LogP contribution in [0.25, 0.3) is 0 Å². The molecule has 0 saturated carbocycles. The molecule has 2 amide bonds. The number of carbonyl (C=O) groups is 2. The number of fused-ring (bicyclic) bond motifs is 1. The molecule has 0 saturated heterocycles. The Hall–Kier alpha value is -3.22. The van der Waals surface area contributed by atoms with E-state index in [-0.39, 0.29) is 17.2 Å². The number of anilines is 1. The van der Waals surface area contributed by atoms with Gasteiger partial charge < -0.3 is 10.6 Å². The smallest absolute Gasteiger partial charge is 0.270 e. The second-order valence-corrected chi connectivity index (χ2v) is 5.14. The molecule has 7 heteroatoms. The first kappa shape index (κ1) is 14.7. The molecule has 0 radical (unpaired) electrons. The summed E-state index contributed by atoms with van der Waals surface area (Å²) in [5.41, 5.74) is 1.97. The van der Waals surface area contributed by atoms with Gasteiger partial charge in [0, 0.05) is 35.5 Å². The third kappa shape index (κ3) is 3.03. The Labute approximate surface area is 131 Å². The molecule has 3 rings (SSSR count). The quantitative estimate of drug-likeness (QED) is 0.669. The van der Waals surface area contributed by atoms with Crippen molar-refractivity contribution in [3.05, 3.63) is 69.3 Å². The van der Waals surface area contributed by atoms with Crippen molar-refractivity contribution in [3.63, 3.8) is 0 Å². The predicted octanol–water partition coefficient (Wildman–Crippen LogP) is 2.13. The molecule has 116 valence electrons. The number of nitrogens with one attached hydrogen (secondary N) is 2. The lowest BCUT2D eigenvalue weighted by atomic mass is 10.00. The fourth-order valence-electron chi connectivity index (χ4n) is 2.45. The summed E-state index contributed by atoms with van der Waals surface area (Å²) in [6, 6.07) is 10.6. The number of non-ortho nitro benzene ring substituents is 1. The van der Waals surface area contributed by atoms with Crippen LogP contribution in [0, 0.1) is 10.1 Å². The van der Waals surface area contributed by atoms with E-state index >= 15 is 0 Å². The summed E-state index contributed by atoms with van der Waals surface area (Å²) < 4.78 is 0. The maximum atomic E-state index is 12.2. The van der Waals surface area contributed by atoms with Crippen molar-refractivity contribution in [2.75, 3.05) is 11.9 Å². The van der Waals surface area contributed by atoms with Gasteiger partial charge in [-0.2, -0.15) is 0 Å². The first-order valence-corrected chi connectivity index (χ1v) is 7.01. The minimum atomic E-state index is -0.556. The van der Waals surface area contributed by atoms with Crippen molar-refractivity contribution < 1.29 is 14.5 Å². The van der Waals surface area contributed by atoms with E-state index in [1.165, 1.54) is 24.3 Å². The highest BCUT2D eigenvalue weighted by atomic mass is 16.6. The predicted molar refractivity (Wildman–Crippen MR) is 83.5 cm³/mol. The SMILES string of the molecule is O=C(Nc1ccc2c(c1)C(=O)NCC2)c1cccc([N+](=O)[O-])c1. The molecule has 0 aliphatic carbocycles. The Morgan fingerprint density at radius 2 is 2.04 bits per heavy atom. The molecule has 1 heterocycles. The first-order chi connectivity index (χ1) is 11.0. The molecule has 0 aromatic heterocycles. The van der Waals surface area contributed by atoms with Gasteiger partial charge >= 0.3 is 0 Å². The molecule has 0 unspecified atom stereocenters. The summed E-state index contributed by atoms with van der Waals surface area (Å²) in [6.45, 7) is 0.602. The lowest BCUT2D eigenvalue weighted by Crippen LogP contribution is -2.31. The summed E-state index contributed by atoms with van der Waals surface area (Å²) >= 11 is 0. The van der Waals surface area contributed by atoms with Gasteiger partial charge in [0.1, 0.15) is 0 Å². The van der Waals surface area contributed by atoms with Crippen LogP contribution in [0.5, 0.6) is 0 Å². The van der Waals surface area contributed by atoms with E-state index in [9.17, 15) is 19.7 Å². The Balaban J connectivity index is 1.83. The zero-order valence-electron chi connectivity index (χ0n) is 12.0. The lowest BCUT2D eigenvalue weighted by Gasteiger charge is -2.17. The number of rotatable bonds is 3. The highest BCUT2D eigenvalue weighted by molar-refractivity contribution is 6.05. The summed E-state index contributed by atoms with van der Waals surface area (Å²) in [6.07, 6.45) is 0.750. The molecule has 2 aromatic carbocycles. The van der Waals surface area contributed by atoms with Crippen molar-refractivity contribution in [2.45, 2.75) is 6.42 Å². The minimum Gasteiger partial charge on any atom is -0.352 e. The average molecular weight is 311 g/mol. The van der Waals surface area contributed by atoms with Gasteiger partial charge in [-0.15, -0.1) is 0 Å². The van der Waals surface area contributed by atoms with Crippen LogP contribution < -0.4 is 10.6 Å². The van der Waals surface area contributed by atoms with E-state index in [0.717, 1.165) is 12.0 Å². The maximum Gasteiger partial charge on any atom is 0.270 e. The van der Waals surface area contributed by atoms with Crippen LogP contribution in [-0.4, -0.2) is 23.3 Å². The molecule has 0 spiro atoms. The zero-order chi connectivity index (χ0) is 16.4. The van der Waals surface area contributed by atoms with Crippen molar-refractivity contribution in [1.29, 1.82) is 0 Å².